The van der Waals surface area contributed by atoms with Crippen molar-refractivity contribution in [1.82, 2.24) is 4.98 Å². The molecule has 0 bridgehead atoms. The molecule has 0 fully saturated rings. The summed E-state index contributed by atoms with van der Waals surface area (Å²) in [7, 11) is 0. The lowest BCUT2D eigenvalue weighted by Gasteiger charge is -2.07. The molecule has 0 aliphatic rings. The first kappa shape index (κ1) is 14.0. The molecule has 1 aromatic heterocycles. The lowest BCUT2D eigenvalue weighted by molar-refractivity contribution is 0.102. The molecule has 0 atom stereocenters. The number of nitrogens with one attached hydrogen (secondary N) is 1. The third kappa shape index (κ3) is 3.06. The van der Waals surface area contributed by atoms with Crippen LogP contribution in [0, 0.1) is 0 Å². The summed E-state index contributed by atoms with van der Waals surface area (Å²) in [5.74, 6) is -0.260. The highest BCUT2D eigenvalue weighted by molar-refractivity contribution is 9.10. The van der Waals surface area contributed by atoms with Crippen LogP contribution in [0.25, 0.3) is 10.9 Å². The Bertz CT molecular complexity index is 835. The second-order valence-corrected chi connectivity index (χ2v) is 5.82. The van der Waals surface area contributed by atoms with E-state index >= 15 is 0 Å². The Labute approximate surface area is 135 Å². The Balaban J connectivity index is 1.89. The van der Waals surface area contributed by atoms with E-state index < -0.39 is 0 Å². The molecule has 5 heteroatoms. The number of rotatable bonds is 2. The van der Waals surface area contributed by atoms with Gasteiger partial charge in [-0.3, -0.25) is 9.78 Å². The number of aromatic nitrogens is 1. The average Bonchev–Trinajstić information content (AvgIpc) is 2.47. The van der Waals surface area contributed by atoms with Gasteiger partial charge in [-0.1, -0.05) is 45.7 Å². The van der Waals surface area contributed by atoms with Gasteiger partial charge >= 0.3 is 0 Å². The van der Waals surface area contributed by atoms with E-state index in [1.165, 1.54) is 0 Å². The average molecular weight is 362 g/mol. The molecule has 0 aliphatic heterocycles. The Morgan fingerprint density at radius 1 is 1.14 bits per heavy atom. The number of nitrogens with zero attached hydrogens (tertiary/aromatic N) is 1. The van der Waals surface area contributed by atoms with E-state index in [0.29, 0.717) is 16.3 Å². The smallest absolute Gasteiger partial charge is 0.257 e. The number of anilines is 1. The lowest BCUT2D eigenvalue weighted by Crippen LogP contribution is -2.12. The number of carbonyl (C=O) groups is 1. The van der Waals surface area contributed by atoms with Gasteiger partial charge in [0.1, 0.15) is 0 Å². The number of hydrogen-bond donors (Lipinski definition) is 1. The standard InChI is InChI=1S/C16H10BrClN2O/c17-11-5-6-13(14(18)8-11)16(21)20-12-7-10-3-1-2-4-15(10)19-9-12/h1-9H,(H,20,21). The van der Waals surface area contributed by atoms with Gasteiger partial charge in [0.25, 0.3) is 5.91 Å². The molecule has 0 saturated heterocycles. The van der Waals surface area contributed by atoms with Crippen molar-refractivity contribution in [2.75, 3.05) is 5.32 Å². The highest BCUT2D eigenvalue weighted by Crippen LogP contribution is 2.23. The van der Waals surface area contributed by atoms with E-state index in [9.17, 15) is 4.79 Å². The van der Waals surface area contributed by atoms with Crippen LogP contribution in [-0.4, -0.2) is 10.9 Å². The number of carbonyl (C=O) groups excluding carboxylic acids is 1. The molecule has 3 aromatic rings. The van der Waals surface area contributed by atoms with E-state index in [0.717, 1.165) is 15.4 Å². The zero-order chi connectivity index (χ0) is 14.8. The largest absolute Gasteiger partial charge is 0.321 e. The molecule has 21 heavy (non-hydrogen) atoms. The molecule has 0 aliphatic carbocycles. The van der Waals surface area contributed by atoms with Crippen LogP contribution in [0.4, 0.5) is 5.69 Å². The number of benzene rings is 2. The van der Waals surface area contributed by atoms with E-state index in [4.69, 9.17) is 11.6 Å². The van der Waals surface area contributed by atoms with Gasteiger partial charge in [-0.2, -0.15) is 0 Å². The van der Waals surface area contributed by atoms with Gasteiger partial charge in [0.2, 0.25) is 0 Å². The van der Waals surface area contributed by atoms with E-state index in [1.807, 2.05) is 30.3 Å². The minimum Gasteiger partial charge on any atom is -0.321 e. The molecule has 1 N–H and O–H groups in total. The van der Waals surface area contributed by atoms with Gasteiger partial charge in [-0.15, -0.1) is 0 Å². The van der Waals surface area contributed by atoms with Crippen LogP contribution < -0.4 is 5.32 Å². The number of para-hydroxylation sites is 1. The van der Waals surface area contributed by atoms with Crippen molar-refractivity contribution < 1.29 is 4.79 Å². The molecule has 0 spiro atoms. The van der Waals surface area contributed by atoms with E-state index in [1.54, 1.807) is 24.4 Å². The summed E-state index contributed by atoms with van der Waals surface area (Å²) in [6.45, 7) is 0. The SMILES string of the molecule is O=C(Nc1cnc2ccccc2c1)c1ccc(Br)cc1Cl. The van der Waals surface area contributed by atoms with Crippen LogP contribution in [-0.2, 0) is 0 Å². The minimum absolute atomic E-state index is 0.260. The van der Waals surface area contributed by atoms with Crippen LogP contribution >= 0.6 is 27.5 Å². The molecule has 104 valence electrons. The molecule has 0 radical (unpaired) electrons. The maximum absolute atomic E-state index is 12.2. The molecule has 0 saturated carbocycles. The van der Waals surface area contributed by atoms with Gasteiger partial charge in [-0.25, -0.2) is 0 Å². The predicted octanol–water partition coefficient (Wildman–Crippen LogP) is 4.90. The molecular weight excluding hydrogens is 352 g/mol. The number of fused-ring (bicyclic) bond motifs is 1. The summed E-state index contributed by atoms with van der Waals surface area (Å²) in [5, 5.41) is 4.18. The van der Waals surface area contributed by atoms with Gasteiger partial charge in [0.05, 0.1) is 28.0 Å². The second kappa shape index (κ2) is 5.84. The van der Waals surface area contributed by atoms with Crippen molar-refractivity contribution in [2.24, 2.45) is 0 Å². The quantitative estimate of drug-likeness (QED) is 0.705. The van der Waals surface area contributed by atoms with Crippen molar-refractivity contribution in [3.8, 4) is 0 Å². The molecule has 0 unspecified atom stereocenters. The Morgan fingerprint density at radius 3 is 2.76 bits per heavy atom. The monoisotopic (exact) mass is 360 g/mol. The normalized spacial score (nSPS) is 10.6. The van der Waals surface area contributed by atoms with Crippen molar-refractivity contribution in [2.45, 2.75) is 0 Å². The Hall–Kier alpha value is -1.91. The number of hydrogen-bond acceptors (Lipinski definition) is 2. The van der Waals surface area contributed by atoms with E-state index in [-0.39, 0.29) is 5.91 Å². The minimum atomic E-state index is -0.260. The van der Waals surface area contributed by atoms with Gasteiger partial charge in [0.15, 0.2) is 0 Å². The highest BCUT2D eigenvalue weighted by Gasteiger charge is 2.11. The molecule has 3 nitrogen and oxygen atoms in total. The van der Waals surface area contributed by atoms with Crippen LogP contribution in [0.2, 0.25) is 5.02 Å². The first-order valence-electron chi connectivity index (χ1n) is 6.25. The summed E-state index contributed by atoms with van der Waals surface area (Å²) in [4.78, 5) is 16.6. The van der Waals surface area contributed by atoms with Crippen LogP contribution in [0.1, 0.15) is 10.4 Å². The Morgan fingerprint density at radius 2 is 1.95 bits per heavy atom. The van der Waals surface area contributed by atoms with Crippen LogP contribution in [0.3, 0.4) is 0 Å². The lowest BCUT2D eigenvalue weighted by atomic mass is 10.2. The van der Waals surface area contributed by atoms with Crippen LogP contribution in [0.5, 0.6) is 0 Å². The fraction of sp³-hybridized carbons (Fsp3) is 0. The maximum Gasteiger partial charge on any atom is 0.257 e. The van der Waals surface area contributed by atoms with E-state index in [2.05, 4.69) is 26.2 Å². The molecule has 3 rings (SSSR count). The first-order valence-corrected chi connectivity index (χ1v) is 7.42. The van der Waals surface area contributed by atoms with Crippen molar-refractivity contribution in [1.29, 1.82) is 0 Å². The van der Waals surface area contributed by atoms with Gasteiger partial charge in [0, 0.05) is 9.86 Å². The van der Waals surface area contributed by atoms with Gasteiger partial charge < -0.3 is 5.32 Å². The predicted molar refractivity (Wildman–Crippen MR) is 88.8 cm³/mol. The van der Waals surface area contributed by atoms with Crippen LogP contribution in [0.15, 0.2) is 59.2 Å². The van der Waals surface area contributed by atoms with Crippen molar-refractivity contribution in [3.05, 3.63) is 69.8 Å². The number of pyridine rings is 1. The summed E-state index contributed by atoms with van der Waals surface area (Å²) < 4.78 is 0.830. The summed E-state index contributed by atoms with van der Waals surface area (Å²) in [5.41, 5.74) is 1.95. The fourth-order valence-corrected chi connectivity index (χ4v) is 2.77. The summed E-state index contributed by atoms with van der Waals surface area (Å²) >= 11 is 9.39. The first-order chi connectivity index (χ1) is 10.1. The third-order valence-corrected chi connectivity index (χ3v) is 3.83. The molecule has 1 amide bonds. The second-order valence-electron chi connectivity index (χ2n) is 4.49. The molecule has 2 aromatic carbocycles. The topological polar surface area (TPSA) is 42.0 Å². The molecule has 1 heterocycles. The number of halogens is 2. The van der Waals surface area contributed by atoms with Crippen molar-refractivity contribution in [3.63, 3.8) is 0 Å². The third-order valence-electron chi connectivity index (χ3n) is 3.02. The zero-order valence-electron chi connectivity index (χ0n) is 10.8. The maximum atomic E-state index is 12.2. The van der Waals surface area contributed by atoms with Crippen molar-refractivity contribution >= 4 is 50.0 Å². The Kier molecular flexibility index (Phi) is 3.90. The summed E-state index contributed by atoms with van der Waals surface area (Å²) in [6.07, 6.45) is 1.63. The fourth-order valence-electron chi connectivity index (χ4n) is 2.01. The van der Waals surface area contributed by atoms with Gasteiger partial charge in [-0.05, 0) is 30.3 Å². The zero-order valence-corrected chi connectivity index (χ0v) is 13.1. The highest BCUT2D eigenvalue weighted by atomic mass is 79.9. The summed E-state index contributed by atoms with van der Waals surface area (Å²) in [6, 6.07) is 14.8. The molecular formula is C16H10BrClN2O. The number of amides is 1.